The maximum atomic E-state index is 9.20. The Labute approximate surface area is 201 Å². The first-order valence-electron chi connectivity index (χ1n) is 12.4. The number of likely N-dealkylation sites (N-methyl/N-ethyl adjacent to an activating group) is 1. The van der Waals surface area contributed by atoms with Gasteiger partial charge in [0.05, 0.1) is 24.7 Å². The molecule has 9 nitrogen and oxygen atoms in total. The summed E-state index contributed by atoms with van der Waals surface area (Å²) in [7, 11) is 2.16. The number of hydrogen-bond acceptors (Lipinski definition) is 9. The van der Waals surface area contributed by atoms with E-state index in [2.05, 4.69) is 51.1 Å². The molecule has 2 aromatic rings. The van der Waals surface area contributed by atoms with Gasteiger partial charge in [0, 0.05) is 61.9 Å². The quantitative estimate of drug-likeness (QED) is 0.691. The van der Waals surface area contributed by atoms with Gasteiger partial charge in [-0.25, -0.2) is 0 Å². The van der Waals surface area contributed by atoms with Crippen LogP contribution in [0, 0.1) is 18.3 Å². The molecular formula is C25H34N8O. The fourth-order valence-corrected chi connectivity index (χ4v) is 5.37. The van der Waals surface area contributed by atoms with Crippen LogP contribution < -0.4 is 19.9 Å². The van der Waals surface area contributed by atoms with Gasteiger partial charge in [0.2, 0.25) is 0 Å². The molecule has 0 aromatic carbocycles. The second kappa shape index (κ2) is 10.1. The van der Waals surface area contributed by atoms with Gasteiger partial charge >= 0.3 is 6.01 Å². The van der Waals surface area contributed by atoms with E-state index in [4.69, 9.17) is 14.7 Å². The number of piperazine rings is 1. The molecule has 0 bridgehead atoms. The SMILES string of the molecule is Cc1cnccc1N1CCc2c(nc(OC[C@@H]3CCCN3C)nc2N2CCN[C@@H](CC#N)C2)C1. The average Bonchev–Trinajstić information content (AvgIpc) is 3.27. The van der Waals surface area contributed by atoms with Crippen LogP contribution >= 0.6 is 0 Å². The number of rotatable bonds is 6. The molecule has 0 aliphatic carbocycles. The molecule has 5 rings (SSSR count). The van der Waals surface area contributed by atoms with Crippen LogP contribution in [0.4, 0.5) is 11.5 Å². The summed E-state index contributed by atoms with van der Waals surface area (Å²) in [5.41, 5.74) is 4.62. The number of aromatic nitrogens is 3. The Morgan fingerprint density at radius 2 is 2.15 bits per heavy atom. The lowest BCUT2D eigenvalue weighted by atomic mass is 10.0. The van der Waals surface area contributed by atoms with Crippen LogP contribution in [0.1, 0.15) is 36.1 Å². The van der Waals surface area contributed by atoms with Gasteiger partial charge in [0.25, 0.3) is 0 Å². The van der Waals surface area contributed by atoms with Crippen molar-refractivity contribution in [1.29, 1.82) is 5.26 Å². The van der Waals surface area contributed by atoms with Crippen molar-refractivity contribution in [2.45, 2.75) is 51.2 Å². The van der Waals surface area contributed by atoms with Crippen molar-refractivity contribution in [2.24, 2.45) is 0 Å². The number of likely N-dealkylation sites (tertiary alicyclic amines) is 1. The summed E-state index contributed by atoms with van der Waals surface area (Å²) in [5.74, 6) is 0.982. The van der Waals surface area contributed by atoms with Crippen molar-refractivity contribution in [2.75, 3.05) is 56.2 Å². The van der Waals surface area contributed by atoms with E-state index in [1.807, 2.05) is 12.4 Å². The topological polar surface area (TPSA) is 93.4 Å². The third-order valence-corrected chi connectivity index (χ3v) is 7.32. The van der Waals surface area contributed by atoms with E-state index >= 15 is 0 Å². The smallest absolute Gasteiger partial charge is 0.318 e. The molecule has 5 heterocycles. The predicted molar refractivity (Wildman–Crippen MR) is 131 cm³/mol. The predicted octanol–water partition coefficient (Wildman–Crippen LogP) is 1.91. The van der Waals surface area contributed by atoms with E-state index in [1.54, 1.807) is 0 Å². The number of nitriles is 1. The van der Waals surface area contributed by atoms with Crippen LogP contribution in [0.25, 0.3) is 0 Å². The second-order valence-electron chi connectivity index (χ2n) is 9.64. The maximum absolute atomic E-state index is 9.20. The molecule has 1 N–H and O–H groups in total. The van der Waals surface area contributed by atoms with Crippen molar-refractivity contribution in [3.8, 4) is 12.1 Å². The lowest BCUT2D eigenvalue weighted by molar-refractivity contribution is 0.187. The van der Waals surface area contributed by atoms with Gasteiger partial charge < -0.3 is 24.8 Å². The molecule has 2 fully saturated rings. The van der Waals surface area contributed by atoms with Gasteiger partial charge in [-0.3, -0.25) is 4.98 Å². The van der Waals surface area contributed by atoms with Gasteiger partial charge in [-0.15, -0.1) is 0 Å². The zero-order chi connectivity index (χ0) is 23.5. The highest BCUT2D eigenvalue weighted by Crippen LogP contribution is 2.32. The van der Waals surface area contributed by atoms with Crippen molar-refractivity contribution < 1.29 is 4.74 Å². The number of nitrogens with zero attached hydrogens (tertiary/aromatic N) is 7. The van der Waals surface area contributed by atoms with E-state index < -0.39 is 0 Å². The Balaban J connectivity index is 1.43. The van der Waals surface area contributed by atoms with Gasteiger partial charge in [-0.05, 0) is 51.4 Å². The third kappa shape index (κ3) is 4.79. The molecule has 3 aliphatic heterocycles. The Hall–Kier alpha value is -2.96. The molecule has 0 saturated carbocycles. The minimum atomic E-state index is 0.153. The summed E-state index contributed by atoms with van der Waals surface area (Å²) >= 11 is 0. The molecule has 2 atom stereocenters. The molecule has 3 aliphatic rings. The van der Waals surface area contributed by atoms with E-state index in [9.17, 15) is 5.26 Å². The number of fused-ring (bicyclic) bond motifs is 1. The largest absolute Gasteiger partial charge is 0.462 e. The molecule has 2 saturated heterocycles. The molecule has 2 aromatic heterocycles. The Bertz CT molecular complexity index is 1050. The first kappa shape index (κ1) is 22.8. The van der Waals surface area contributed by atoms with Crippen molar-refractivity contribution >= 4 is 11.5 Å². The minimum Gasteiger partial charge on any atom is -0.462 e. The summed E-state index contributed by atoms with van der Waals surface area (Å²) in [6.07, 6.45) is 7.51. The lowest BCUT2D eigenvalue weighted by Crippen LogP contribution is -2.51. The maximum Gasteiger partial charge on any atom is 0.318 e. The molecule has 9 heteroatoms. The van der Waals surface area contributed by atoms with Crippen molar-refractivity contribution in [1.82, 2.24) is 25.2 Å². The second-order valence-corrected chi connectivity index (χ2v) is 9.64. The summed E-state index contributed by atoms with van der Waals surface area (Å²) < 4.78 is 6.21. The minimum absolute atomic E-state index is 0.153. The first-order valence-corrected chi connectivity index (χ1v) is 12.4. The fourth-order valence-electron chi connectivity index (χ4n) is 5.37. The zero-order valence-corrected chi connectivity index (χ0v) is 20.2. The Morgan fingerprint density at radius 1 is 1.24 bits per heavy atom. The lowest BCUT2D eigenvalue weighted by Gasteiger charge is -2.37. The molecule has 180 valence electrons. The van der Waals surface area contributed by atoms with Crippen LogP contribution in [0.3, 0.4) is 0 Å². The molecule has 0 amide bonds. The first-order chi connectivity index (χ1) is 16.6. The Morgan fingerprint density at radius 3 is 2.94 bits per heavy atom. The summed E-state index contributed by atoms with van der Waals surface area (Å²) in [4.78, 5) is 21.2. The number of nitrogens with one attached hydrogen (secondary N) is 1. The van der Waals surface area contributed by atoms with E-state index in [-0.39, 0.29) is 6.04 Å². The van der Waals surface area contributed by atoms with Crippen molar-refractivity contribution in [3.63, 3.8) is 0 Å². The van der Waals surface area contributed by atoms with E-state index in [0.29, 0.717) is 25.1 Å². The normalized spacial score (nSPS) is 23.0. The number of hydrogen-bond donors (Lipinski definition) is 1. The number of anilines is 2. The Kier molecular flexibility index (Phi) is 6.79. The van der Waals surface area contributed by atoms with Crippen LogP contribution in [-0.4, -0.2) is 78.3 Å². The van der Waals surface area contributed by atoms with Crippen LogP contribution in [0.2, 0.25) is 0 Å². The van der Waals surface area contributed by atoms with Gasteiger partial charge in [0.15, 0.2) is 0 Å². The monoisotopic (exact) mass is 462 g/mol. The fraction of sp³-hybridized carbons (Fsp3) is 0.600. The number of ether oxygens (including phenoxy) is 1. The van der Waals surface area contributed by atoms with Crippen LogP contribution in [0.15, 0.2) is 18.5 Å². The molecule has 0 spiro atoms. The molecule has 34 heavy (non-hydrogen) atoms. The van der Waals surface area contributed by atoms with Gasteiger partial charge in [-0.2, -0.15) is 15.2 Å². The molecule has 0 radical (unpaired) electrons. The highest BCUT2D eigenvalue weighted by atomic mass is 16.5. The van der Waals surface area contributed by atoms with Crippen LogP contribution in [0.5, 0.6) is 6.01 Å². The summed E-state index contributed by atoms with van der Waals surface area (Å²) in [5, 5.41) is 12.7. The summed E-state index contributed by atoms with van der Waals surface area (Å²) in [6.45, 7) is 7.95. The molecular weight excluding hydrogens is 428 g/mol. The van der Waals surface area contributed by atoms with E-state index in [1.165, 1.54) is 23.2 Å². The number of pyridine rings is 1. The highest BCUT2D eigenvalue weighted by molar-refractivity contribution is 5.57. The van der Waals surface area contributed by atoms with Gasteiger partial charge in [-0.1, -0.05) is 0 Å². The standard InChI is InChI=1S/C25H34N8O/c1-18-14-27-9-6-23(18)32-12-7-21-22(16-32)29-25(34-17-20-4-3-11-31(20)2)30-24(21)33-13-10-28-19(15-33)5-8-26/h6,9,14,19-20,28H,3-5,7,10-13,15-17H2,1-2H3/t19-,20-/m0/s1. The molecule has 0 unspecified atom stereocenters. The van der Waals surface area contributed by atoms with Crippen molar-refractivity contribution in [3.05, 3.63) is 35.3 Å². The third-order valence-electron chi connectivity index (χ3n) is 7.32. The van der Waals surface area contributed by atoms with Gasteiger partial charge in [0.1, 0.15) is 12.4 Å². The average molecular weight is 463 g/mol. The zero-order valence-electron chi connectivity index (χ0n) is 20.2. The highest BCUT2D eigenvalue weighted by Gasteiger charge is 2.29. The van der Waals surface area contributed by atoms with Crippen LogP contribution in [-0.2, 0) is 13.0 Å². The summed E-state index contributed by atoms with van der Waals surface area (Å²) in [6, 6.07) is 5.43. The number of aryl methyl sites for hydroxylation is 1. The van der Waals surface area contributed by atoms with E-state index in [0.717, 1.165) is 63.6 Å².